The summed E-state index contributed by atoms with van der Waals surface area (Å²) in [6.07, 6.45) is 0.787. The van der Waals surface area contributed by atoms with Gasteiger partial charge in [-0.3, -0.25) is 9.59 Å². The standard InChI is InChI=1S/C22H27N3O4/c1-22(2,3)24-19(26)15-29-18-12-10-16(11-13-18)14-23-25-21(27)20(28-4)17-8-6-5-7-9-17/h5-14,20H,15H2,1-4H3,(H,24,26)(H,25,27)/b23-14-/t20-/m0/s1. The number of hydrogen-bond donors (Lipinski definition) is 2. The van der Waals surface area contributed by atoms with E-state index < -0.39 is 6.10 Å². The zero-order valence-electron chi connectivity index (χ0n) is 17.1. The molecule has 7 nitrogen and oxygen atoms in total. The molecule has 2 aromatic carbocycles. The first kappa shape index (κ1) is 22.1. The molecule has 0 unspecified atom stereocenters. The minimum Gasteiger partial charge on any atom is -0.484 e. The lowest BCUT2D eigenvalue weighted by atomic mass is 10.1. The van der Waals surface area contributed by atoms with Crippen LogP contribution in [0.2, 0.25) is 0 Å². The van der Waals surface area contributed by atoms with Gasteiger partial charge in [0, 0.05) is 12.6 Å². The number of nitrogens with one attached hydrogen (secondary N) is 2. The Morgan fingerprint density at radius 1 is 1.07 bits per heavy atom. The average Bonchev–Trinajstić information content (AvgIpc) is 2.67. The number of amides is 2. The van der Waals surface area contributed by atoms with Crippen molar-refractivity contribution in [2.75, 3.05) is 13.7 Å². The highest BCUT2D eigenvalue weighted by Crippen LogP contribution is 2.16. The van der Waals surface area contributed by atoms with Crippen LogP contribution in [0.3, 0.4) is 0 Å². The van der Waals surface area contributed by atoms with E-state index in [1.54, 1.807) is 24.3 Å². The van der Waals surface area contributed by atoms with E-state index in [4.69, 9.17) is 9.47 Å². The second-order valence-electron chi connectivity index (χ2n) is 7.42. The molecule has 7 heteroatoms. The molecule has 0 aliphatic heterocycles. The fourth-order valence-electron chi connectivity index (χ4n) is 2.50. The summed E-state index contributed by atoms with van der Waals surface area (Å²) < 4.78 is 10.7. The number of carbonyl (C=O) groups is 2. The minimum atomic E-state index is -0.733. The summed E-state index contributed by atoms with van der Waals surface area (Å²) in [6.45, 7) is 5.67. The number of carbonyl (C=O) groups excluding carboxylic acids is 2. The van der Waals surface area contributed by atoms with Gasteiger partial charge in [0.25, 0.3) is 11.8 Å². The van der Waals surface area contributed by atoms with E-state index in [9.17, 15) is 9.59 Å². The molecule has 0 radical (unpaired) electrons. The Bertz CT molecular complexity index is 827. The molecule has 0 heterocycles. The number of nitrogens with zero attached hydrogens (tertiary/aromatic N) is 1. The van der Waals surface area contributed by atoms with Crippen LogP contribution in [-0.2, 0) is 14.3 Å². The number of hydrogen-bond acceptors (Lipinski definition) is 5. The van der Waals surface area contributed by atoms with Crippen LogP contribution in [0, 0.1) is 0 Å². The molecule has 0 fully saturated rings. The highest BCUT2D eigenvalue weighted by Gasteiger charge is 2.19. The van der Waals surface area contributed by atoms with Gasteiger partial charge in [-0.05, 0) is 56.2 Å². The van der Waals surface area contributed by atoms with Gasteiger partial charge < -0.3 is 14.8 Å². The van der Waals surface area contributed by atoms with Gasteiger partial charge in [0.05, 0.1) is 6.21 Å². The minimum absolute atomic E-state index is 0.0569. The van der Waals surface area contributed by atoms with Crippen molar-refractivity contribution in [3.63, 3.8) is 0 Å². The van der Waals surface area contributed by atoms with Crippen LogP contribution in [0.4, 0.5) is 0 Å². The average molecular weight is 397 g/mol. The highest BCUT2D eigenvalue weighted by atomic mass is 16.5. The van der Waals surface area contributed by atoms with Crippen LogP contribution in [-0.4, -0.2) is 37.3 Å². The normalized spacial score (nSPS) is 12.4. The van der Waals surface area contributed by atoms with E-state index in [1.807, 2.05) is 51.1 Å². The van der Waals surface area contributed by atoms with E-state index in [2.05, 4.69) is 15.8 Å². The van der Waals surface area contributed by atoms with Crippen LogP contribution in [0.15, 0.2) is 59.7 Å². The van der Waals surface area contributed by atoms with Gasteiger partial charge in [-0.15, -0.1) is 0 Å². The van der Waals surface area contributed by atoms with Gasteiger partial charge >= 0.3 is 0 Å². The van der Waals surface area contributed by atoms with Gasteiger partial charge in [-0.25, -0.2) is 5.43 Å². The van der Waals surface area contributed by atoms with Gasteiger partial charge in [0.2, 0.25) is 0 Å². The van der Waals surface area contributed by atoms with Crippen molar-refractivity contribution >= 4 is 18.0 Å². The van der Waals surface area contributed by atoms with E-state index in [0.29, 0.717) is 5.75 Å². The van der Waals surface area contributed by atoms with Gasteiger partial charge in [-0.2, -0.15) is 5.10 Å². The number of hydrazone groups is 1. The molecule has 29 heavy (non-hydrogen) atoms. The van der Waals surface area contributed by atoms with E-state index >= 15 is 0 Å². The Balaban J connectivity index is 1.85. The number of methoxy groups -OCH3 is 1. The van der Waals surface area contributed by atoms with Gasteiger partial charge in [0.15, 0.2) is 12.7 Å². The second-order valence-corrected chi connectivity index (χ2v) is 7.42. The maximum absolute atomic E-state index is 12.3. The molecule has 2 N–H and O–H groups in total. The lowest BCUT2D eigenvalue weighted by Crippen LogP contribution is -2.43. The van der Waals surface area contributed by atoms with Crippen molar-refractivity contribution in [1.29, 1.82) is 0 Å². The molecule has 2 amide bonds. The van der Waals surface area contributed by atoms with E-state index in [1.165, 1.54) is 13.3 Å². The zero-order chi connectivity index (χ0) is 21.3. The number of benzene rings is 2. The molecule has 0 saturated heterocycles. The van der Waals surface area contributed by atoms with E-state index in [-0.39, 0.29) is 24.0 Å². The maximum atomic E-state index is 12.3. The fourth-order valence-corrected chi connectivity index (χ4v) is 2.50. The molecular formula is C22H27N3O4. The summed E-state index contributed by atoms with van der Waals surface area (Å²) in [4.78, 5) is 24.0. The van der Waals surface area contributed by atoms with Crippen molar-refractivity contribution in [2.45, 2.75) is 32.4 Å². The summed E-state index contributed by atoms with van der Waals surface area (Å²) in [5, 5.41) is 6.80. The Kier molecular flexibility index (Phi) is 7.91. The summed E-state index contributed by atoms with van der Waals surface area (Å²) in [5.74, 6) is 0.0236. The number of ether oxygens (including phenoxy) is 2. The van der Waals surface area contributed by atoms with Gasteiger partial charge in [-0.1, -0.05) is 30.3 Å². The third-order valence-corrected chi connectivity index (χ3v) is 3.73. The largest absolute Gasteiger partial charge is 0.484 e. The SMILES string of the molecule is CO[C@H](C(=O)N/N=C\c1ccc(OCC(=O)NC(C)(C)C)cc1)c1ccccc1. The van der Waals surface area contributed by atoms with Crippen LogP contribution >= 0.6 is 0 Å². The molecule has 0 aromatic heterocycles. The summed E-state index contributed by atoms with van der Waals surface area (Å²) >= 11 is 0. The number of rotatable bonds is 8. The zero-order valence-corrected chi connectivity index (χ0v) is 17.1. The second kappa shape index (κ2) is 10.4. The first-order valence-corrected chi connectivity index (χ1v) is 9.23. The first-order chi connectivity index (χ1) is 13.8. The molecule has 0 aliphatic carbocycles. The topological polar surface area (TPSA) is 89.0 Å². The smallest absolute Gasteiger partial charge is 0.273 e. The fraction of sp³-hybridized carbons (Fsp3) is 0.318. The molecule has 1 atom stereocenters. The molecule has 2 rings (SSSR count). The van der Waals surface area contributed by atoms with Crippen LogP contribution < -0.4 is 15.5 Å². The Morgan fingerprint density at radius 2 is 1.72 bits per heavy atom. The van der Waals surface area contributed by atoms with Gasteiger partial charge in [0.1, 0.15) is 5.75 Å². The summed E-state index contributed by atoms with van der Waals surface area (Å²) in [6, 6.07) is 16.2. The van der Waals surface area contributed by atoms with Crippen molar-refractivity contribution < 1.29 is 19.1 Å². The predicted octanol–water partition coefficient (Wildman–Crippen LogP) is 2.82. The lowest BCUT2D eigenvalue weighted by Gasteiger charge is -2.20. The van der Waals surface area contributed by atoms with Crippen molar-refractivity contribution in [3.8, 4) is 5.75 Å². The molecule has 0 spiro atoms. The van der Waals surface area contributed by atoms with Crippen molar-refractivity contribution in [1.82, 2.24) is 10.7 Å². The quantitative estimate of drug-likeness (QED) is 0.530. The van der Waals surface area contributed by atoms with Crippen LogP contribution in [0.25, 0.3) is 0 Å². The Labute approximate surface area is 171 Å². The first-order valence-electron chi connectivity index (χ1n) is 9.23. The molecule has 0 aliphatic rings. The highest BCUT2D eigenvalue weighted by molar-refractivity contribution is 5.85. The van der Waals surface area contributed by atoms with Crippen molar-refractivity contribution in [3.05, 3.63) is 65.7 Å². The Hall–Kier alpha value is -3.19. The summed E-state index contributed by atoms with van der Waals surface area (Å²) in [7, 11) is 1.47. The summed E-state index contributed by atoms with van der Waals surface area (Å²) in [5.41, 5.74) is 3.70. The lowest BCUT2D eigenvalue weighted by molar-refractivity contribution is -0.131. The van der Waals surface area contributed by atoms with E-state index in [0.717, 1.165) is 11.1 Å². The monoisotopic (exact) mass is 397 g/mol. The molecule has 0 bridgehead atoms. The third-order valence-electron chi connectivity index (χ3n) is 3.73. The van der Waals surface area contributed by atoms with Crippen LogP contribution in [0.5, 0.6) is 5.75 Å². The third kappa shape index (κ3) is 7.75. The Morgan fingerprint density at radius 3 is 2.31 bits per heavy atom. The molecular weight excluding hydrogens is 370 g/mol. The van der Waals surface area contributed by atoms with Crippen molar-refractivity contribution in [2.24, 2.45) is 5.10 Å². The predicted molar refractivity (Wildman–Crippen MR) is 112 cm³/mol. The maximum Gasteiger partial charge on any atom is 0.273 e. The van der Waals surface area contributed by atoms with Crippen LogP contribution in [0.1, 0.15) is 38.0 Å². The molecule has 154 valence electrons. The molecule has 0 saturated carbocycles. The molecule has 2 aromatic rings.